The largest absolute Gasteiger partial charge is 0.312 e. The van der Waals surface area contributed by atoms with Crippen molar-refractivity contribution >= 4 is 11.3 Å². The predicted molar refractivity (Wildman–Crippen MR) is 60.8 cm³/mol. The van der Waals surface area contributed by atoms with Gasteiger partial charge in [0.15, 0.2) is 0 Å². The molecule has 2 heterocycles. The first-order valence-electron chi connectivity index (χ1n) is 4.94. The number of rotatable bonds is 5. The minimum atomic E-state index is 0.281. The summed E-state index contributed by atoms with van der Waals surface area (Å²) in [5, 5.41) is 18.1. The standard InChI is InChI=1S/C10H14N4S/c1-11-9(10-6-12-14-13-10)3-2-8-4-5-15-7-8/h4-7,9,11H,2-3H2,1H3,(H,12,13,14). The van der Waals surface area contributed by atoms with Gasteiger partial charge < -0.3 is 5.32 Å². The molecule has 2 aromatic rings. The Balaban J connectivity index is 1.92. The molecule has 2 aromatic heterocycles. The molecule has 2 N–H and O–H groups in total. The molecule has 0 spiro atoms. The zero-order chi connectivity index (χ0) is 10.5. The Morgan fingerprint density at radius 2 is 2.53 bits per heavy atom. The first-order valence-corrected chi connectivity index (χ1v) is 5.88. The van der Waals surface area contributed by atoms with Gasteiger partial charge >= 0.3 is 0 Å². The molecule has 1 unspecified atom stereocenters. The third kappa shape index (κ3) is 2.64. The number of thiophene rings is 1. The van der Waals surface area contributed by atoms with Gasteiger partial charge in [-0.2, -0.15) is 26.7 Å². The molecule has 0 aromatic carbocycles. The van der Waals surface area contributed by atoms with Crippen molar-refractivity contribution in [2.45, 2.75) is 18.9 Å². The lowest BCUT2D eigenvalue weighted by atomic mass is 10.1. The number of H-pyrrole nitrogens is 1. The minimum Gasteiger partial charge on any atom is -0.312 e. The molecule has 0 saturated heterocycles. The van der Waals surface area contributed by atoms with E-state index < -0.39 is 0 Å². The smallest absolute Gasteiger partial charge is 0.0993 e. The van der Waals surface area contributed by atoms with Crippen LogP contribution in [0.15, 0.2) is 23.0 Å². The number of hydrogen-bond acceptors (Lipinski definition) is 4. The van der Waals surface area contributed by atoms with Crippen LogP contribution in [-0.4, -0.2) is 22.5 Å². The van der Waals surface area contributed by atoms with Crippen LogP contribution in [0.2, 0.25) is 0 Å². The van der Waals surface area contributed by atoms with E-state index in [-0.39, 0.29) is 6.04 Å². The summed E-state index contributed by atoms with van der Waals surface area (Å²) in [6.07, 6.45) is 3.89. The van der Waals surface area contributed by atoms with Crippen LogP contribution in [0.1, 0.15) is 23.7 Å². The van der Waals surface area contributed by atoms with Gasteiger partial charge in [-0.25, -0.2) is 0 Å². The topological polar surface area (TPSA) is 53.6 Å². The van der Waals surface area contributed by atoms with E-state index in [0.717, 1.165) is 18.5 Å². The molecular weight excluding hydrogens is 208 g/mol. The number of aromatic amines is 1. The molecule has 0 radical (unpaired) electrons. The Hall–Kier alpha value is -1.20. The van der Waals surface area contributed by atoms with E-state index in [4.69, 9.17) is 0 Å². The highest BCUT2D eigenvalue weighted by Gasteiger charge is 2.11. The Labute approximate surface area is 92.7 Å². The van der Waals surface area contributed by atoms with Crippen molar-refractivity contribution in [1.82, 2.24) is 20.7 Å². The second-order valence-corrected chi connectivity index (χ2v) is 4.19. The average Bonchev–Trinajstić information content (AvgIpc) is 2.90. The highest BCUT2D eigenvalue weighted by molar-refractivity contribution is 7.07. The summed E-state index contributed by atoms with van der Waals surface area (Å²) in [7, 11) is 1.95. The fourth-order valence-corrected chi connectivity index (χ4v) is 2.27. The zero-order valence-corrected chi connectivity index (χ0v) is 9.42. The fraction of sp³-hybridized carbons (Fsp3) is 0.400. The van der Waals surface area contributed by atoms with Crippen LogP contribution in [0.4, 0.5) is 0 Å². The molecule has 4 nitrogen and oxygen atoms in total. The second kappa shape index (κ2) is 5.04. The van der Waals surface area contributed by atoms with Crippen molar-refractivity contribution in [3.8, 4) is 0 Å². The Morgan fingerprint density at radius 1 is 1.60 bits per heavy atom. The lowest BCUT2D eigenvalue weighted by Gasteiger charge is -2.11. The van der Waals surface area contributed by atoms with Gasteiger partial charge in [0.1, 0.15) is 0 Å². The fourth-order valence-electron chi connectivity index (χ4n) is 1.56. The summed E-state index contributed by atoms with van der Waals surface area (Å²) < 4.78 is 0. The summed E-state index contributed by atoms with van der Waals surface area (Å²) in [5.41, 5.74) is 2.37. The normalized spacial score (nSPS) is 12.9. The molecule has 0 bridgehead atoms. The molecule has 1 atom stereocenters. The molecule has 0 amide bonds. The zero-order valence-electron chi connectivity index (χ0n) is 8.60. The summed E-state index contributed by atoms with van der Waals surface area (Å²) in [4.78, 5) is 0. The van der Waals surface area contributed by atoms with E-state index in [1.165, 1.54) is 5.56 Å². The Kier molecular flexibility index (Phi) is 3.47. The third-order valence-corrected chi connectivity index (χ3v) is 3.17. The molecule has 15 heavy (non-hydrogen) atoms. The van der Waals surface area contributed by atoms with Crippen LogP contribution < -0.4 is 5.32 Å². The number of nitrogens with one attached hydrogen (secondary N) is 2. The lowest BCUT2D eigenvalue weighted by Crippen LogP contribution is -2.17. The van der Waals surface area contributed by atoms with E-state index in [0.29, 0.717) is 0 Å². The summed E-state index contributed by atoms with van der Waals surface area (Å²) >= 11 is 1.74. The van der Waals surface area contributed by atoms with Gasteiger partial charge in [0, 0.05) is 0 Å². The van der Waals surface area contributed by atoms with Gasteiger partial charge in [0.2, 0.25) is 0 Å². The van der Waals surface area contributed by atoms with Gasteiger partial charge in [0.25, 0.3) is 0 Å². The number of aromatic nitrogens is 3. The Morgan fingerprint density at radius 3 is 3.13 bits per heavy atom. The highest BCUT2D eigenvalue weighted by atomic mass is 32.1. The summed E-state index contributed by atoms with van der Waals surface area (Å²) in [6, 6.07) is 2.45. The predicted octanol–water partition coefficient (Wildman–Crippen LogP) is 1.76. The van der Waals surface area contributed by atoms with Crippen molar-refractivity contribution in [3.63, 3.8) is 0 Å². The molecule has 5 heteroatoms. The van der Waals surface area contributed by atoms with E-state index >= 15 is 0 Å². The van der Waals surface area contributed by atoms with Gasteiger partial charge in [-0.15, -0.1) is 0 Å². The van der Waals surface area contributed by atoms with E-state index in [9.17, 15) is 0 Å². The minimum absolute atomic E-state index is 0.281. The summed E-state index contributed by atoms with van der Waals surface area (Å²) in [5.74, 6) is 0. The maximum atomic E-state index is 4.09. The molecule has 2 rings (SSSR count). The van der Waals surface area contributed by atoms with Gasteiger partial charge in [-0.05, 0) is 42.3 Å². The van der Waals surface area contributed by atoms with E-state index in [1.54, 1.807) is 17.5 Å². The van der Waals surface area contributed by atoms with Crippen LogP contribution in [0.3, 0.4) is 0 Å². The first kappa shape index (κ1) is 10.3. The van der Waals surface area contributed by atoms with Crippen LogP contribution in [0.5, 0.6) is 0 Å². The van der Waals surface area contributed by atoms with Gasteiger partial charge in [-0.1, -0.05) is 0 Å². The van der Waals surface area contributed by atoms with E-state index in [1.807, 2.05) is 7.05 Å². The molecule has 0 fully saturated rings. The number of hydrogen-bond donors (Lipinski definition) is 2. The van der Waals surface area contributed by atoms with Gasteiger partial charge in [0.05, 0.1) is 17.9 Å². The molecular formula is C10H14N4S. The van der Waals surface area contributed by atoms with Crippen LogP contribution in [0.25, 0.3) is 0 Å². The second-order valence-electron chi connectivity index (χ2n) is 3.41. The third-order valence-electron chi connectivity index (χ3n) is 2.44. The monoisotopic (exact) mass is 222 g/mol. The van der Waals surface area contributed by atoms with Crippen LogP contribution >= 0.6 is 11.3 Å². The van der Waals surface area contributed by atoms with Crippen molar-refractivity contribution < 1.29 is 0 Å². The quantitative estimate of drug-likeness (QED) is 0.810. The highest BCUT2D eigenvalue weighted by Crippen LogP contribution is 2.17. The molecule has 0 aliphatic rings. The van der Waals surface area contributed by atoms with Crippen molar-refractivity contribution in [3.05, 3.63) is 34.3 Å². The molecule has 0 aliphatic carbocycles. The molecule has 0 aliphatic heterocycles. The lowest BCUT2D eigenvalue weighted by molar-refractivity contribution is 0.535. The van der Waals surface area contributed by atoms with Crippen molar-refractivity contribution in [1.29, 1.82) is 0 Å². The maximum Gasteiger partial charge on any atom is 0.0993 e. The first-order chi connectivity index (χ1) is 7.40. The average molecular weight is 222 g/mol. The van der Waals surface area contributed by atoms with Crippen LogP contribution in [0, 0.1) is 0 Å². The summed E-state index contributed by atoms with van der Waals surface area (Å²) in [6.45, 7) is 0. The number of aryl methyl sites for hydroxylation is 1. The maximum absolute atomic E-state index is 4.09. The Bertz CT molecular complexity index is 368. The molecule has 0 saturated carbocycles. The van der Waals surface area contributed by atoms with Crippen LogP contribution in [-0.2, 0) is 6.42 Å². The van der Waals surface area contributed by atoms with Gasteiger partial charge in [-0.3, -0.25) is 0 Å². The van der Waals surface area contributed by atoms with E-state index in [2.05, 4.69) is 37.6 Å². The van der Waals surface area contributed by atoms with Crippen molar-refractivity contribution in [2.24, 2.45) is 0 Å². The molecule has 80 valence electrons. The van der Waals surface area contributed by atoms with Crippen molar-refractivity contribution in [2.75, 3.05) is 7.05 Å². The number of nitrogens with zero attached hydrogens (tertiary/aromatic N) is 2. The SMILES string of the molecule is CNC(CCc1ccsc1)c1cn[nH]n1.